The van der Waals surface area contributed by atoms with Crippen LogP contribution in [0.2, 0.25) is 0 Å². The summed E-state index contributed by atoms with van der Waals surface area (Å²) in [5.41, 5.74) is 1.54. The number of nitro benzene ring substituents is 2. The van der Waals surface area contributed by atoms with Gasteiger partial charge in [-0.25, -0.2) is 4.52 Å². The van der Waals surface area contributed by atoms with Crippen molar-refractivity contribution in [3.05, 3.63) is 81.0 Å². The van der Waals surface area contributed by atoms with Gasteiger partial charge in [0.05, 0.1) is 28.0 Å². The van der Waals surface area contributed by atoms with Crippen LogP contribution in [0.3, 0.4) is 0 Å². The standard InChI is InChI=1S/C26H29N7O6/c1-4-30(17(2)3)19-10-8-18(9-11-19)27-20-15-21(24(33(37)38)16-23(20)32(35)36)28-25-22-7-5-6-12-31(22)29-26(25)39-14-13-34/h5-12,15-17,27-28,34H,4,13-14H2,1-3H3. The molecule has 204 valence electrons. The Labute approximate surface area is 223 Å². The van der Waals surface area contributed by atoms with Gasteiger partial charge in [0.15, 0.2) is 0 Å². The van der Waals surface area contributed by atoms with Crippen LogP contribution in [-0.2, 0) is 0 Å². The molecule has 2 heterocycles. The second-order valence-electron chi connectivity index (χ2n) is 8.86. The van der Waals surface area contributed by atoms with Gasteiger partial charge in [-0.15, -0.1) is 5.10 Å². The molecular weight excluding hydrogens is 506 g/mol. The number of nitro groups is 2. The monoisotopic (exact) mass is 535 g/mol. The van der Waals surface area contributed by atoms with Crippen LogP contribution in [0.5, 0.6) is 5.88 Å². The number of aromatic nitrogens is 2. The lowest BCUT2D eigenvalue weighted by Gasteiger charge is -2.27. The van der Waals surface area contributed by atoms with Crippen LogP contribution in [0, 0.1) is 20.2 Å². The average Bonchev–Trinajstić information content (AvgIpc) is 3.25. The van der Waals surface area contributed by atoms with Crippen molar-refractivity contribution in [2.24, 2.45) is 0 Å². The largest absolute Gasteiger partial charge is 0.473 e. The number of ether oxygens (including phenoxy) is 1. The molecule has 0 aliphatic rings. The molecule has 0 aliphatic carbocycles. The molecule has 0 radical (unpaired) electrons. The van der Waals surface area contributed by atoms with Gasteiger partial charge in [0.25, 0.3) is 17.3 Å². The molecule has 0 unspecified atom stereocenters. The third-order valence-corrected chi connectivity index (χ3v) is 6.05. The highest BCUT2D eigenvalue weighted by Gasteiger charge is 2.27. The number of hydrogen-bond donors (Lipinski definition) is 3. The molecule has 39 heavy (non-hydrogen) atoms. The Hall–Kier alpha value is -4.91. The summed E-state index contributed by atoms with van der Waals surface area (Å²) in [6, 6.07) is 15.2. The van der Waals surface area contributed by atoms with E-state index in [4.69, 9.17) is 4.74 Å². The van der Waals surface area contributed by atoms with Gasteiger partial charge in [-0.05, 0) is 63.2 Å². The van der Waals surface area contributed by atoms with Crippen molar-refractivity contribution >= 4 is 45.3 Å². The molecule has 2 aromatic heterocycles. The Morgan fingerprint density at radius 1 is 1.03 bits per heavy atom. The second-order valence-corrected chi connectivity index (χ2v) is 8.86. The van der Waals surface area contributed by atoms with Crippen LogP contribution in [0.15, 0.2) is 60.8 Å². The Morgan fingerprint density at radius 3 is 2.28 bits per heavy atom. The zero-order valence-electron chi connectivity index (χ0n) is 21.7. The van der Waals surface area contributed by atoms with Crippen LogP contribution < -0.4 is 20.3 Å². The molecule has 0 bridgehead atoms. The lowest BCUT2D eigenvalue weighted by Crippen LogP contribution is -2.30. The van der Waals surface area contributed by atoms with Crippen LogP contribution in [0.25, 0.3) is 5.52 Å². The van der Waals surface area contributed by atoms with Gasteiger partial charge < -0.3 is 25.4 Å². The number of aliphatic hydroxyl groups excluding tert-OH is 1. The molecule has 3 N–H and O–H groups in total. The predicted molar refractivity (Wildman–Crippen MR) is 149 cm³/mol. The van der Waals surface area contributed by atoms with Gasteiger partial charge in [0.2, 0.25) is 0 Å². The van der Waals surface area contributed by atoms with Crippen molar-refractivity contribution < 1.29 is 19.7 Å². The number of nitrogens with one attached hydrogen (secondary N) is 2. The maximum absolute atomic E-state index is 11.9. The summed E-state index contributed by atoms with van der Waals surface area (Å²) < 4.78 is 7.06. The lowest BCUT2D eigenvalue weighted by atomic mass is 10.1. The number of nitrogens with zero attached hydrogens (tertiary/aromatic N) is 5. The first kappa shape index (κ1) is 27.1. The van der Waals surface area contributed by atoms with E-state index in [-0.39, 0.29) is 30.5 Å². The number of hydrogen-bond acceptors (Lipinski definition) is 10. The summed E-state index contributed by atoms with van der Waals surface area (Å²) in [4.78, 5) is 24.6. The topological polar surface area (TPSA) is 160 Å². The smallest absolute Gasteiger partial charge is 0.299 e. The second kappa shape index (κ2) is 11.6. The molecule has 0 spiro atoms. The Morgan fingerprint density at radius 2 is 1.69 bits per heavy atom. The van der Waals surface area contributed by atoms with Crippen molar-refractivity contribution in [3.63, 3.8) is 0 Å². The first-order valence-electron chi connectivity index (χ1n) is 12.3. The van der Waals surface area contributed by atoms with E-state index in [0.29, 0.717) is 22.9 Å². The fourth-order valence-corrected chi connectivity index (χ4v) is 4.29. The van der Waals surface area contributed by atoms with Crippen molar-refractivity contribution in [1.82, 2.24) is 9.61 Å². The lowest BCUT2D eigenvalue weighted by molar-refractivity contribution is -0.393. The first-order chi connectivity index (χ1) is 18.7. The number of rotatable bonds is 12. The molecule has 0 aliphatic heterocycles. The highest BCUT2D eigenvalue weighted by atomic mass is 16.6. The SMILES string of the molecule is CCN(c1ccc(Nc2cc(Nc3c(OCCO)nn4ccccc34)c([N+](=O)[O-])cc2[N+](=O)[O-])cc1)C(C)C. The van der Waals surface area contributed by atoms with Crippen LogP contribution in [-0.4, -0.2) is 50.4 Å². The quantitative estimate of drug-likeness (QED) is 0.162. The van der Waals surface area contributed by atoms with Gasteiger partial charge in [-0.3, -0.25) is 20.2 Å². The minimum atomic E-state index is -0.695. The number of benzene rings is 2. The van der Waals surface area contributed by atoms with Gasteiger partial charge >= 0.3 is 0 Å². The summed E-state index contributed by atoms with van der Waals surface area (Å²) in [7, 11) is 0. The zero-order valence-corrected chi connectivity index (χ0v) is 21.7. The van der Waals surface area contributed by atoms with E-state index in [1.165, 1.54) is 10.6 Å². The van der Waals surface area contributed by atoms with E-state index >= 15 is 0 Å². The van der Waals surface area contributed by atoms with Gasteiger partial charge in [-0.2, -0.15) is 0 Å². The summed E-state index contributed by atoms with van der Waals surface area (Å²) in [5.74, 6) is 0.110. The highest BCUT2D eigenvalue weighted by molar-refractivity contribution is 5.88. The molecular formula is C26H29N7O6. The molecule has 13 nitrogen and oxygen atoms in total. The molecule has 0 atom stereocenters. The van der Waals surface area contributed by atoms with E-state index in [1.54, 1.807) is 36.5 Å². The van der Waals surface area contributed by atoms with E-state index < -0.39 is 21.2 Å². The summed E-state index contributed by atoms with van der Waals surface area (Å²) in [6.45, 7) is 6.76. The minimum Gasteiger partial charge on any atom is -0.473 e. The van der Waals surface area contributed by atoms with Crippen LogP contribution in [0.4, 0.5) is 39.8 Å². The van der Waals surface area contributed by atoms with Crippen LogP contribution >= 0.6 is 0 Å². The molecule has 2 aromatic carbocycles. The van der Waals surface area contributed by atoms with Crippen molar-refractivity contribution in [1.29, 1.82) is 0 Å². The minimum absolute atomic E-state index is 0.00529. The Bertz CT molecular complexity index is 1490. The number of anilines is 5. The summed E-state index contributed by atoms with van der Waals surface area (Å²) >= 11 is 0. The first-order valence-corrected chi connectivity index (χ1v) is 12.3. The van der Waals surface area contributed by atoms with Gasteiger partial charge in [0, 0.05) is 30.2 Å². The predicted octanol–water partition coefficient (Wildman–Crippen LogP) is 5.24. The normalized spacial score (nSPS) is 11.0. The average molecular weight is 536 g/mol. The Balaban J connectivity index is 1.76. The molecule has 13 heteroatoms. The van der Waals surface area contributed by atoms with E-state index in [0.717, 1.165) is 18.3 Å². The number of fused-ring (bicyclic) bond motifs is 1. The fraction of sp³-hybridized carbons (Fsp3) is 0.269. The molecule has 0 amide bonds. The third-order valence-electron chi connectivity index (χ3n) is 6.05. The van der Waals surface area contributed by atoms with Crippen molar-refractivity contribution in [3.8, 4) is 5.88 Å². The fourth-order valence-electron chi connectivity index (χ4n) is 4.29. The van der Waals surface area contributed by atoms with Crippen LogP contribution in [0.1, 0.15) is 20.8 Å². The molecule has 0 fully saturated rings. The number of pyridine rings is 1. The maximum Gasteiger partial charge on any atom is 0.299 e. The maximum atomic E-state index is 11.9. The van der Waals surface area contributed by atoms with Gasteiger partial charge in [0.1, 0.15) is 23.7 Å². The molecule has 4 aromatic rings. The zero-order chi connectivity index (χ0) is 28.1. The highest BCUT2D eigenvalue weighted by Crippen LogP contribution is 2.41. The Kier molecular flexibility index (Phi) is 8.10. The number of aliphatic hydroxyl groups is 1. The van der Waals surface area contributed by atoms with E-state index in [2.05, 4.69) is 41.4 Å². The van der Waals surface area contributed by atoms with E-state index in [9.17, 15) is 25.3 Å². The third kappa shape index (κ3) is 5.83. The van der Waals surface area contributed by atoms with Crippen molar-refractivity contribution in [2.45, 2.75) is 26.8 Å². The van der Waals surface area contributed by atoms with E-state index in [1.807, 2.05) is 12.1 Å². The summed E-state index contributed by atoms with van der Waals surface area (Å²) in [5, 5.41) is 43.4. The molecule has 0 saturated carbocycles. The van der Waals surface area contributed by atoms with Crippen molar-refractivity contribution in [2.75, 3.05) is 35.3 Å². The summed E-state index contributed by atoms with van der Waals surface area (Å²) in [6.07, 6.45) is 1.67. The molecule has 0 saturated heterocycles. The molecule has 4 rings (SSSR count). The van der Waals surface area contributed by atoms with Gasteiger partial charge in [-0.1, -0.05) is 6.07 Å².